The second kappa shape index (κ2) is 9.83. The minimum Gasteiger partial charge on any atom is -0.494 e. The molecule has 0 saturated carbocycles. The third kappa shape index (κ3) is 5.10. The number of amides is 1. The highest BCUT2D eigenvalue weighted by Gasteiger charge is 2.45. The molecule has 6 nitrogen and oxygen atoms in total. The van der Waals surface area contributed by atoms with Crippen molar-refractivity contribution in [1.29, 1.82) is 0 Å². The Kier molecular flexibility index (Phi) is 7.38. The zero-order valence-corrected chi connectivity index (χ0v) is 19.4. The molecule has 1 saturated heterocycles. The van der Waals surface area contributed by atoms with Crippen LogP contribution in [-0.2, 0) is 26.8 Å². The van der Waals surface area contributed by atoms with Gasteiger partial charge in [-0.15, -0.1) is 0 Å². The number of benzene rings is 2. The molecule has 0 N–H and O–H groups in total. The Morgan fingerprint density at radius 3 is 2.19 bits per heavy atom. The molecule has 0 aromatic heterocycles. The van der Waals surface area contributed by atoms with E-state index in [-0.39, 0.29) is 11.7 Å². The van der Waals surface area contributed by atoms with Crippen LogP contribution in [0.2, 0.25) is 0 Å². The van der Waals surface area contributed by atoms with Gasteiger partial charge in [0.15, 0.2) is 0 Å². The van der Waals surface area contributed by atoms with Crippen molar-refractivity contribution in [3.8, 4) is 5.75 Å². The quantitative estimate of drug-likeness (QED) is 0.626. The molecule has 7 heteroatoms. The van der Waals surface area contributed by atoms with Gasteiger partial charge in [-0.25, -0.2) is 12.7 Å². The molecule has 31 heavy (non-hydrogen) atoms. The zero-order valence-electron chi connectivity index (χ0n) is 18.6. The molecule has 0 spiro atoms. The van der Waals surface area contributed by atoms with Crippen molar-refractivity contribution in [2.24, 2.45) is 0 Å². The van der Waals surface area contributed by atoms with Gasteiger partial charge in [-0.3, -0.25) is 4.79 Å². The fraction of sp³-hybridized carbons (Fsp3) is 0.458. The molecule has 1 heterocycles. The fourth-order valence-electron chi connectivity index (χ4n) is 4.28. The van der Waals surface area contributed by atoms with E-state index in [1.165, 1.54) is 4.31 Å². The van der Waals surface area contributed by atoms with Crippen LogP contribution < -0.4 is 4.74 Å². The minimum atomic E-state index is -3.26. The lowest BCUT2D eigenvalue weighted by Gasteiger charge is -2.42. The van der Waals surface area contributed by atoms with Crippen molar-refractivity contribution in [1.82, 2.24) is 9.21 Å². The predicted molar refractivity (Wildman–Crippen MR) is 122 cm³/mol. The number of rotatable bonds is 8. The van der Waals surface area contributed by atoms with E-state index in [4.69, 9.17) is 4.74 Å². The summed E-state index contributed by atoms with van der Waals surface area (Å²) in [6.45, 7) is 5.41. The molecule has 168 valence electrons. The molecular weight excluding hydrogens is 412 g/mol. The summed E-state index contributed by atoms with van der Waals surface area (Å²) in [6.07, 6.45) is 0.950. The largest absolute Gasteiger partial charge is 0.494 e. The molecule has 0 aliphatic carbocycles. The number of carbonyl (C=O) groups is 1. The van der Waals surface area contributed by atoms with Crippen molar-refractivity contribution >= 4 is 15.9 Å². The Hall–Kier alpha value is -2.38. The van der Waals surface area contributed by atoms with Gasteiger partial charge in [-0.05, 0) is 49.9 Å². The van der Waals surface area contributed by atoms with Crippen LogP contribution in [-0.4, -0.2) is 56.0 Å². The third-order valence-corrected chi connectivity index (χ3v) is 7.95. The summed E-state index contributed by atoms with van der Waals surface area (Å²) in [6, 6.07) is 17.5. The van der Waals surface area contributed by atoms with Crippen LogP contribution in [0.1, 0.15) is 37.8 Å². The summed E-state index contributed by atoms with van der Waals surface area (Å²) in [5, 5.41) is 0. The van der Waals surface area contributed by atoms with Crippen LogP contribution in [0.25, 0.3) is 0 Å². The van der Waals surface area contributed by atoms with Crippen LogP contribution in [0.5, 0.6) is 5.75 Å². The number of hydrogen-bond acceptors (Lipinski definition) is 4. The third-order valence-electron chi connectivity index (χ3n) is 6.07. The Morgan fingerprint density at radius 2 is 1.65 bits per heavy atom. The van der Waals surface area contributed by atoms with Gasteiger partial charge >= 0.3 is 0 Å². The highest BCUT2D eigenvalue weighted by Crippen LogP contribution is 2.38. The van der Waals surface area contributed by atoms with E-state index in [1.807, 2.05) is 68.6 Å². The Balaban J connectivity index is 1.82. The monoisotopic (exact) mass is 444 g/mol. The summed E-state index contributed by atoms with van der Waals surface area (Å²) < 4.78 is 31.7. The maximum absolute atomic E-state index is 13.8. The molecule has 0 radical (unpaired) electrons. The molecule has 0 unspecified atom stereocenters. The van der Waals surface area contributed by atoms with Gasteiger partial charge < -0.3 is 9.64 Å². The van der Waals surface area contributed by atoms with E-state index in [1.54, 1.807) is 11.8 Å². The smallest absolute Gasteiger partial charge is 0.233 e. The molecule has 2 aromatic carbocycles. The molecule has 0 atom stereocenters. The van der Waals surface area contributed by atoms with Crippen LogP contribution in [0.4, 0.5) is 0 Å². The Labute approximate surface area is 185 Å². The van der Waals surface area contributed by atoms with E-state index >= 15 is 0 Å². The van der Waals surface area contributed by atoms with Crippen molar-refractivity contribution in [2.45, 2.75) is 38.6 Å². The molecule has 3 rings (SSSR count). The lowest BCUT2D eigenvalue weighted by Crippen LogP contribution is -2.53. The molecular formula is C24H32N2O4S. The number of hydrogen-bond donors (Lipinski definition) is 0. The van der Waals surface area contributed by atoms with Gasteiger partial charge in [0.2, 0.25) is 15.9 Å². The topological polar surface area (TPSA) is 66.9 Å². The first-order valence-electron chi connectivity index (χ1n) is 10.8. The average molecular weight is 445 g/mol. The van der Waals surface area contributed by atoms with Crippen LogP contribution in [0.3, 0.4) is 0 Å². The Bertz CT molecular complexity index is 966. The maximum atomic E-state index is 13.8. The second-order valence-electron chi connectivity index (χ2n) is 7.99. The zero-order chi connectivity index (χ0) is 22.5. The number of ether oxygens (including phenoxy) is 1. The van der Waals surface area contributed by atoms with Gasteiger partial charge in [0.25, 0.3) is 0 Å². The Morgan fingerprint density at radius 1 is 1.03 bits per heavy atom. The first kappa shape index (κ1) is 23.3. The van der Waals surface area contributed by atoms with Crippen LogP contribution >= 0.6 is 0 Å². The summed E-state index contributed by atoms with van der Waals surface area (Å²) in [4.78, 5) is 15.5. The van der Waals surface area contributed by atoms with E-state index in [0.29, 0.717) is 39.1 Å². The van der Waals surface area contributed by atoms with Crippen molar-refractivity contribution in [3.05, 3.63) is 65.7 Å². The molecule has 1 aliphatic heterocycles. The minimum absolute atomic E-state index is 0.0288. The number of likely N-dealkylation sites (N-methyl/N-ethyl adjacent to an activating group) is 1. The molecule has 0 bridgehead atoms. The van der Waals surface area contributed by atoms with Gasteiger partial charge in [-0.1, -0.05) is 42.5 Å². The van der Waals surface area contributed by atoms with Gasteiger partial charge in [0, 0.05) is 26.7 Å². The number of sulfonamides is 1. The van der Waals surface area contributed by atoms with Crippen molar-refractivity contribution in [3.63, 3.8) is 0 Å². The van der Waals surface area contributed by atoms with Crippen LogP contribution in [0, 0.1) is 0 Å². The summed E-state index contributed by atoms with van der Waals surface area (Å²) in [5.41, 5.74) is 1.25. The van der Waals surface area contributed by atoms with E-state index in [0.717, 1.165) is 16.9 Å². The SMILES string of the molecule is CCOc1ccc(CN(C)C(=O)C2(c3ccccc3)CCN(S(=O)(=O)CC)CC2)cc1. The van der Waals surface area contributed by atoms with E-state index in [9.17, 15) is 13.2 Å². The number of piperidine rings is 1. The van der Waals surface area contributed by atoms with Crippen molar-refractivity contribution < 1.29 is 17.9 Å². The lowest BCUT2D eigenvalue weighted by atomic mass is 9.72. The maximum Gasteiger partial charge on any atom is 0.233 e. The second-order valence-corrected chi connectivity index (χ2v) is 10.2. The van der Waals surface area contributed by atoms with Gasteiger partial charge in [0.05, 0.1) is 17.8 Å². The van der Waals surface area contributed by atoms with Gasteiger partial charge in [-0.2, -0.15) is 0 Å². The highest BCUT2D eigenvalue weighted by molar-refractivity contribution is 7.89. The molecule has 1 amide bonds. The summed E-state index contributed by atoms with van der Waals surface area (Å²) >= 11 is 0. The lowest BCUT2D eigenvalue weighted by molar-refractivity contribution is -0.138. The molecule has 2 aromatic rings. The predicted octanol–water partition coefficient (Wildman–Crippen LogP) is 3.43. The number of nitrogens with zero attached hydrogens (tertiary/aromatic N) is 2. The first-order chi connectivity index (χ1) is 14.8. The summed E-state index contributed by atoms with van der Waals surface area (Å²) in [7, 11) is -1.44. The standard InChI is InChI=1S/C24H32N2O4S/c1-4-30-22-13-11-20(12-14-22)19-25(3)23(27)24(21-9-7-6-8-10-21)15-17-26(18-16-24)31(28,29)5-2/h6-14H,4-5,15-19H2,1-3H3. The van der Waals surface area contributed by atoms with Crippen molar-refractivity contribution in [2.75, 3.05) is 32.5 Å². The van der Waals surface area contributed by atoms with Crippen LogP contribution in [0.15, 0.2) is 54.6 Å². The highest BCUT2D eigenvalue weighted by atomic mass is 32.2. The number of carbonyl (C=O) groups excluding carboxylic acids is 1. The fourth-order valence-corrected chi connectivity index (χ4v) is 5.38. The van der Waals surface area contributed by atoms with Gasteiger partial charge in [0.1, 0.15) is 5.75 Å². The summed E-state index contributed by atoms with van der Waals surface area (Å²) in [5.74, 6) is 0.920. The average Bonchev–Trinajstić information content (AvgIpc) is 2.80. The van der Waals surface area contributed by atoms with E-state index in [2.05, 4.69) is 0 Å². The van der Waals surface area contributed by atoms with E-state index < -0.39 is 15.4 Å². The first-order valence-corrected chi connectivity index (χ1v) is 12.4. The normalized spacial score (nSPS) is 16.6. The molecule has 1 aliphatic rings. The molecule has 1 fully saturated rings.